The van der Waals surface area contributed by atoms with Gasteiger partial charge in [-0.3, -0.25) is 4.79 Å². The van der Waals surface area contributed by atoms with Gasteiger partial charge in [-0.1, -0.05) is 18.2 Å². The Morgan fingerprint density at radius 3 is 2.57 bits per heavy atom. The Balaban J connectivity index is 1.51. The largest absolute Gasteiger partial charge is 0.496 e. The van der Waals surface area contributed by atoms with Crippen LogP contribution in [0.4, 0.5) is 14.9 Å². The third kappa shape index (κ3) is 4.37. The lowest BCUT2D eigenvalue weighted by Gasteiger charge is -2.37. The van der Waals surface area contributed by atoms with E-state index in [1.165, 1.54) is 18.1 Å². The van der Waals surface area contributed by atoms with E-state index in [1.807, 2.05) is 35.2 Å². The Morgan fingerprint density at radius 1 is 1.22 bits per heavy atom. The molecule has 0 unspecified atom stereocenters. The number of anilines is 1. The van der Waals surface area contributed by atoms with Crippen LogP contribution in [0.5, 0.6) is 5.75 Å². The van der Waals surface area contributed by atoms with Crippen molar-refractivity contribution < 1.29 is 19.0 Å². The van der Waals surface area contributed by atoms with Crippen LogP contribution in [0, 0.1) is 12.7 Å². The maximum absolute atomic E-state index is 15.4. The maximum atomic E-state index is 15.4. The Kier molecular flexibility index (Phi) is 6.28. The summed E-state index contributed by atoms with van der Waals surface area (Å²) in [5.41, 5.74) is 2.28. The standard InChI is InChI=1S/C26H27FN6O4/c1-15-22-23(33(30-15)17-7-5-4-6-8-17)25(34)29-24(28-22)18-13-19(27)20(14-21(18)37-3)32-11-9-16(10-12-32)31(2)26(35)36/h4-8,13-14,16H,9-12H2,1-3H3,(H,35,36)(H,28,29,34). The van der Waals surface area contributed by atoms with Gasteiger partial charge in [0.15, 0.2) is 5.52 Å². The lowest BCUT2D eigenvalue weighted by Crippen LogP contribution is -2.45. The Morgan fingerprint density at radius 2 is 1.92 bits per heavy atom. The molecule has 37 heavy (non-hydrogen) atoms. The predicted molar refractivity (Wildman–Crippen MR) is 137 cm³/mol. The maximum Gasteiger partial charge on any atom is 0.407 e. The number of carbonyl (C=O) groups is 1. The number of benzene rings is 2. The second-order valence-corrected chi connectivity index (χ2v) is 9.06. The summed E-state index contributed by atoms with van der Waals surface area (Å²) in [5, 5.41) is 13.7. The van der Waals surface area contributed by atoms with Gasteiger partial charge >= 0.3 is 6.09 Å². The number of nitrogens with zero attached hydrogens (tertiary/aromatic N) is 5. The zero-order valence-electron chi connectivity index (χ0n) is 20.7. The average Bonchev–Trinajstić information content (AvgIpc) is 3.25. The number of aryl methyl sites for hydroxylation is 1. The fourth-order valence-electron chi connectivity index (χ4n) is 4.84. The summed E-state index contributed by atoms with van der Waals surface area (Å²) >= 11 is 0. The van der Waals surface area contributed by atoms with Gasteiger partial charge in [0.1, 0.15) is 22.9 Å². The number of nitrogens with one attached hydrogen (secondary N) is 1. The van der Waals surface area contributed by atoms with Crippen molar-refractivity contribution in [3.63, 3.8) is 0 Å². The highest BCUT2D eigenvalue weighted by molar-refractivity contribution is 5.81. The van der Waals surface area contributed by atoms with Crippen LogP contribution >= 0.6 is 0 Å². The summed E-state index contributed by atoms with van der Waals surface area (Å²) in [6.07, 6.45) is 0.198. The predicted octanol–water partition coefficient (Wildman–Crippen LogP) is 3.81. The molecule has 192 valence electrons. The molecule has 0 bridgehead atoms. The molecular formula is C26H27FN6O4. The highest BCUT2D eigenvalue weighted by Crippen LogP contribution is 2.36. The number of fused-ring (bicyclic) bond motifs is 1. The molecule has 0 atom stereocenters. The number of hydrogen-bond donors (Lipinski definition) is 2. The van der Waals surface area contributed by atoms with Gasteiger partial charge in [0, 0.05) is 32.2 Å². The van der Waals surface area contributed by atoms with Crippen LogP contribution in [0.15, 0.2) is 47.3 Å². The number of rotatable bonds is 5. The number of para-hydroxylation sites is 1. The van der Waals surface area contributed by atoms with E-state index >= 15 is 4.39 Å². The van der Waals surface area contributed by atoms with E-state index in [-0.39, 0.29) is 11.9 Å². The Bertz CT molecular complexity index is 1530. The van der Waals surface area contributed by atoms with E-state index in [0.717, 1.165) is 5.69 Å². The molecule has 1 aliphatic heterocycles. The molecule has 3 heterocycles. The van der Waals surface area contributed by atoms with Crippen LogP contribution in [0.1, 0.15) is 18.5 Å². The van der Waals surface area contributed by atoms with Gasteiger partial charge in [-0.25, -0.2) is 18.9 Å². The number of aromatic nitrogens is 4. The molecule has 5 rings (SSSR count). The molecule has 1 fully saturated rings. The third-order valence-electron chi connectivity index (χ3n) is 6.88. The summed E-state index contributed by atoms with van der Waals surface area (Å²) in [6, 6.07) is 12.1. The lowest BCUT2D eigenvalue weighted by molar-refractivity contribution is 0.131. The first-order valence-corrected chi connectivity index (χ1v) is 11.9. The highest BCUT2D eigenvalue weighted by atomic mass is 19.1. The Labute approximate surface area is 211 Å². The number of methoxy groups -OCH3 is 1. The van der Waals surface area contributed by atoms with Crippen LogP contribution in [0.2, 0.25) is 0 Å². The molecule has 2 N–H and O–H groups in total. The molecule has 11 heteroatoms. The summed E-state index contributed by atoms with van der Waals surface area (Å²) in [6.45, 7) is 2.77. The van der Waals surface area contributed by atoms with E-state index in [9.17, 15) is 14.7 Å². The summed E-state index contributed by atoms with van der Waals surface area (Å²) in [4.78, 5) is 35.0. The quantitative estimate of drug-likeness (QED) is 0.423. The first kappa shape index (κ1) is 24.3. The number of carboxylic acid groups (broad SMARTS) is 1. The smallest absolute Gasteiger partial charge is 0.407 e. The minimum absolute atomic E-state index is 0.112. The van der Waals surface area contributed by atoms with Crippen molar-refractivity contribution in [2.24, 2.45) is 0 Å². The average molecular weight is 507 g/mol. The minimum Gasteiger partial charge on any atom is -0.496 e. The first-order valence-electron chi connectivity index (χ1n) is 11.9. The van der Waals surface area contributed by atoms with Crippen molar-refractivity contribution in [3.8, 4) is 22.8 Å². The molecule has 1 aliphatic rings. The minimum atomic E-state index is -0.973. The van der Waals surface area contributed by atoms with E-state index in [0.29, 0.717) is 59.7 Å². The second-order valence-electron chi connectivity index (χ2n) is 9.06. The SMILES string of the molecule is COc1cc(N2CCC(N(C)C(=O)O)CC2)c(F)cc1-c1nc2c(C)nn(-c3ccccc3)c2c(=O)[nH]1. The number of H-pyrrole nitrogens is 1. The molecular weight excluding hydrogens is 479 g/mol. The number of ether oxygens (including phenoxy) is 1. The monoisotopic (exact) mass is 506 g/mol. The molecule has 0 spiro atoms. The third-order valence-corrected chi connectivity index (χ3v) is 6.88. The van der Waals surface area contributed by atoms with E-state index in [2.05, 4.69) is 15.1 Å². The molecule has 1 amide bonds. The van der Waals surface area contributed by atoms with Crippen molar-refractivity contribution in [1.29, 1.82) is 0 Å². The van der Waals surface area contributed by atoms with Gasteiger partial charge in [0.25, 0.3) is 5.56 Å². The topological polar surface area (TPSA) is 117 Å². The van der Waals surface area contributed by atoms with Gasteiger partial charge in [-0.05, 0) is 38.0 Å². The molecule has 0 saturated carbocycles. The Hall–Kier alpha value is -4.41. The number of halogens is 1. The first-order chi connectivity index (χ1) is 17.8. The van der Waals surface area contributed by atoms with Crippen LogP contribution < -0.4 is 15.2 Å². The van der Waals surface area contributed by atoms with Crippen LogP contribution in [-0.4, -0.2) is 69.1 Å². The van der Waals surface area contributed by atoms with Crippen LogP contribution in [0.25, 0.3) is 28.1 Å². The van der Waals surface area contributed by atoms with Crippen molar-refractivity contribution in [3.05, 3.63) is 64.3 Å². The number of hydrogen-bond acceptors (Lipinski definition) is 6. The summed E-state index contributed by atoms with van der Waals surface area (Å²) < 4.78 is 22.5. The molecule has 2 aromatic heterocycles. The fourth-order valence-corrected chi connectivity index (χ4v) is 4.84. The summed E-state index contributed by atoms with van der Waals surface area (Å²) in [5.74, 6) is 0.0503. The zero-order chi connectivity index (χ0) is 26.3. The van der Waals surface area contributed by atoms with Crippen LogP contribution in [0.3, 0.4) is 0 Å². The van der Waals surface area contributed by atoms with E-state index < -0.39 is 17.5 Å². The van der Waals surface area contributed by atoms with Crippen molar-refractivity contribution in [2.45, 2.75) is 25.8 Å². The van der Waals surface area contributed by atoms with Gasteiger partial charge in [0.05, 0.1) is 29.7 Å². The number of piperidine rings is 1. The van der Waals surface area contributed by atoms with E-state index in [4.69, 9.17) is 4.74 Å². The molecule has 0 radical (unpaired) electrons. The zero-order valence-corrected chi connectivity index (χ0v) is 20.7. The molecule has 4 aromatic rings. The molecule has 0 aliphatic carbocycles. The molecule has 1 saturated heterocycles. The molecule has 10 nitrogen and oxygen atoms in total. The lowest BCUT2D eigenvalue weighted by atomic mass is 10.0. The number of aromatic amines is 1. The summed E-state index contributed by atoms with van der Waals surface area (Å²) in [7, 11) is 3.03. The fraction of sp³-hybridized carbons (Fsp3) is 0.308. The normalized spacial score (nSPS) is 14.2. The van der Waals surface area contributed by atoms with Gasteiger partial charge in [-0.15, -0.1) is 0 Å². The van der Waals surface area contributed by atoms with Crippen molar-refractivity contribution in [1.82, 2.24) is 24.6 Å². The number of amides is 1. The van der Waals surface area contributed by atoms with Crippen molar-refractivity contribution >= 4 is 22.8 Å². The van der Waals surface area contributed by atoms with Crippen molar-refractivity contribution in [2.75, 3.05) is 32.1 Å². The second kappa shape index (κ2) is 9.57. The van der Waals surface area contributed by atoms with Gasteiger partial charge < -0.3 is 24.6 Å². The van der Waals surface area contributed by atoms with Crippen LogP contribution in [-0.2, 0) is 0 Å². The van der Waals surface area contributed by atoms with Gasteiger partial charge in [-0.2, -0.15) is 5.10 Å². The van der Waals surface area contributed by atoms with Gasteiger partial charge in [0.2, 0.25) is 0 Å². The van der Waals surface area contributed by atoms with E-state index in [1.54, 1.807) is 24.7 Å². The highest BCUT2D eigenvalue weighted by Gasteiger charge is 2.27. The molecule has 2 aromatic carbocycles.